The Kier molecular flexibility index (Phi) is 8.07. The van der Waals surface area contributed by atoms with Crippen molar-refractivity contribution in [1.82, 2.24) is 4.31 Å². The first-order chi connectivity index (χ1) is 16.5. The molecule has 2 aromatic carbocycles. The number of anilines is 3. The van der Waals surface area contributed by atoms with Crippen molar-refractivity contribution in [2.75, 3.05) is 61.5 Å². The van der Waals surface area contributed by atoms with Crippen molar-refractivity contribution in [2.24, 2.45) is 0 Å². The van der Waals surface area contributed by atoms with Crippen LogP contribution in [0.1, 0.15) is 31.7 Å². The lowest BCUT2D eigenvalue weighted by molar-refractivity contribution is -0.114. The summed E-state index contributed by atoms with van der Waals surface area (Å²) in [5, 5.41) is 6.09. The SMILES string of the molecule is CCc1ccc(NC(=O)CNc2cc(S(=O)(=O)N3CCCCC3)ccc2N2CCOCC2)cc1. The zero-order chi connectivity index (χ0) is 24.0. The molecule has 0 aromatic heterocycles. The minimum Gasteiger partial charge on any atom is -0.378 e. The molecule has 2 aliphatic heterocycles. The molecule has 2 saturated heterocycles. The second-order valence-electron chi connectivity index (χ2n) is 8.70. The van der Waals surface area contributed by atoms with Gasteiger partial charge in [-0.2, -0.15) is 4.31 Å². The largest absolute Gasteiger partial charge is 0.378 e. The third-order valence-electron chi connectivity index (χ3n) is 6.36. The molecule has 0 radical (unpaired) electrons. The standard InChI is InChI=1S/C25H34N4O4S/c1-2-20-6-8-21(9-7-20)27-25(30)19-26-23-18-22(34(31,32)29-12-4-3-5-13-29)10-11-24(23)28-14-16-33-17-15-28/h6-11,18,26H,2-5,12-17,19H2,1H3,(H,27,30). The smallest absolute Gasteiger partial charge is 0.243 e. The third-order valence-corrected chi connectivity index (χ3v) is 8.25. The highest BCUT2D eigenvalue weighted by Gasteiger charge is 2.27. The molecule has 2 N–H and O–H groups in total. The maximum Gasteiger partial charge on any atom is 0.243 e. The van der Waals surface area contributed by atoms with Crippen molar-refractivity contribution in [3.8, 4) is 0 Å². The van der Waals surface area contributed by atoms with Gasteiger partial charge in [0.1, 0.15) is 0 Å². The third kappa shape index (κ3) is 5.89. The highest BCUT2D eigenvalue weighted by atomic mass is 32.2. The van der Waals surface area contributed by atoms with Crippen molar-refractivity contribution in [1.29, 1.82) is 0 Å². The van der Waals surface area contributed by atoms with Crippen LogP contribution in [0, 0.1) is 0 Å². The molecule has 0 saturated carbocycles. The molecule has 0 atom stereocenters. The van der Waals surface area contributed by atoms with E-state index in [1.165, 1.54) is 5.56 Å². The van der Waals surface area contributed by atoms with Gasteiger partial charge in [0.15, 0.2) is 0 Å². The van der Waals surface area contributed by atoms with Gasteiger partial charge < -0.3 is 20.3 Å². The van der Waals surface area contributed by atoms with E-state index in [1.54, 1.807) is 16.4 Å². The first-order valence-electron chi connectivity index (χ1n) is 12.1. The molecule has 34 heavy (non-hydrogen) atoms. The summed E-state index contributed by atoms with van der Waals surface area (Å²) in [7, 11) is -3.58. The van der Waals surface area contributed by atoms with Gasteiger partial charge in [0.2, 0.25) is 15.9 Å². The summed E-state index contributed by atoms with van der Waals surface area (Å²) in [6.45, 7) is 5.86. The van der Waals surface area contributed by atoms with Gasteiger partial charge in [-0.1, -0.05) is 25.5 Å². The van der Waals surface area contributed by atoms with Gasteiger partial charge in [0.05, 0.1) is 36.0 Å². The van der Waals surface area contributed by atoms with E-state index in [9.17, 15) is 13.2 Å². The molecule has 2 heterocycles. The second kappa shape index (κ2) is 11.2. The Hall–Kier alpha value is -2.62. The number of benzene rings is 2. The molecule has 1 amide bonds. The van der Waals surface area contributed by atoms with Gasteiger partial charge in [0.25, 0.3) is 0 Å². The number of nitrogens with zero attached hydrogens (tertiary/aromatic N) is 2. The maximum atomic E-state index is 13.2. The first kappa shape index (κ1) is 24.5. The number of carbonyl (C=O) groups is 1. The van der Waals surface area contributed by atoms with Gasteiger partial charge in [-0.3, -0.25) is 4.79 Å². The monoisotopic (exact) mass is 486 g/mol. The number of ether oxygens (including phenoxy) is 1. The maximum absolute atomic E-state index is 13.2. The summed E-state index contributed by atoms with van der Waals surface area (Å²) in [5.41, 5.74) is 3.45. The van der Waals surface area contributed by atoms with E-state index >= 15 is 0 Å². The molecule has 9 heteroatoms. The van der Waals surface area contributed by atoms with E-state index in [0.29, 0.717) is 45.1 Å². The van der Waals surface area contributed by atoms with Crippen LogP contribution in [0.25, 0.3) is 0 Å². The Balaban J connectivity index is 1.52. The fourth-order valence-corrected chi connectivity index (χ4v) is 5.90. The number of hydrogen-bond acceptors (Lipinski definition) is 6. The van der Waals surface area contributed by atoms with E-state index in [0.717, 1.165) is 37.1 Å². The van der Waals surface area contributed by atoms with E-state index < -0.39 is 10.0 Å². The number of sulfonamides is 1. The highest BCUT2D eigenvalue weighted by Crippen LogP contribution is 2.31. The Morgan fingerprint density at radius 1 is 0.971 bits per heavy atom. The van der Waals surface area contributed by atoms with Crippen molar-refractivity contribution in [3.05, 3.63) is 48.0 Å². The number of morpholine rings is 1. The van der Waals surface area contributed by atoms with E-state index in [-0.39, 0.29) is 17.3 Å². The minimum atomic E-state index is -3.58. The quantitative estimate of drug-likeness (QED) is 0.595. The number of amides is 1. The summed E-state index contributed by atoms with van der Waals surface area (Å²) in [6, 6.07) is 13.0. The van der Waals surface area contributed by atoms with Crippen LogP contribution in [0.5, 0.6) is 0 Å². The molecule has 2 fully saturated rings. The molecule has 8 nitrogen and oxygen atoms in total. The van der Waals surface area contributed by atoms with Crippen LogP contribution in [-0.4, -0.2) is 64.6 Å². The van der Waals surface area contributed by atoms with Crippen molar-refractivity contribution in [3.63, 3.8) is 0 Å². The van der Waals surface area contributed by atoms with Crippen molar-refractivity contribution in [2.45, 2.75) is 37.5 Å². The topological polar surface area (TPSA) is 91.0 Å². The fraction of sp³-hybridized carbons (Fsp3) is 0.480. The number of nitrogens with one attached hydrogen (secondary N) is 2. The molecule has 2 aromatic rings. The summed E-state index contributed by atoms with van der Waals surface area (Å²) < 4.78 is 33.5. The van der Waals surface area contributed by atoms with Gasteiger partial charge >= 0.3 is 0 Å². The van der Waals surface area contributed by atoms with Crippen molar-refractivity contribution >= 4 is 33.0 Å². The van der Waals surface area contributed by atoms with Crippen LogP contribution >= 0.6 is 0 Å². The number of aryl methyl sites for hydroxylation is 1. The highest BCUT2D eigenvalue weighted by molar-refractivity contribution is 7.89. The van der Waals surface area contributed by atoms with Gasteiger partial charge in [-0.05, 0) is 55.2 Å². The molecule has 0 bridgehead atoms. The minimum absolute atomic E-state index is 0.0279. The normalized spacial score (nSPS) is 17.4. The predicted molar refractivity (Wildman–Crippen MR) is 135 cm³/mol. The molecular formula is C25H34N4O4S. The molecule has 0 spiro atoms. The summed E-state index contributed by atoms with van der Waals surface area (Å²) in [6.07, 6.45) is 3.77. The molecule has 0 aliphatic carbocycles. The number of hydrogen-bond donors (Lipinski definition) is 2. The predicted octanol–water partition coefficient (Wildman–Crippen LogP) is 3.31. The van der Waals surface area contributed by atoms with Gasteiger partial charge in [-0.25, -0.2) is 8.42 Å². The van der Waals surface area contributed by atoms with Gasteiger partial charge in [-0.15, -0.1) is 0 Å². The van der Waals surface area contributed by atoms with Crippen LogP contribution in [0.4, 0.5) is 17.1 Å². The van der Waals surface area contributed by atoms with Crippen molar-refractivity contribution < 1.29 is 17.9 Å². The average molecular weight is 487 g/mol. The van der Waals surface area contributed by atoms with E-state index in [4.69, 9.17) is 4.74 Å². The molecule has 2 aliphatic rings. The lowest BCUT2D eigenvalue weighted by atomic mass is 10.1. The zero-order valence-corrected chi connectivity index (χ0v) is 20.6. The number of rotatable bonds is 8. The Labute approximate surface area is 202 Å². The van der Waals surface area contributed by atoms with Crippen LogP contribution < -0.4 is 15.5 Å². The lowest BCUT2D eigenvalue weighted by Gasteiger charge is -2.31. The van der Waals surface area contributed by atoms with E-state index in [1.807, 2.05) is 30.3 Å². The fourth-order valence-electron chi connectivity index (χ4n) is 4.36. The summed E-state index contributed by atoms with van der Waals surface area (Å²) in [4.78, 5) is 15.0. The van der Waals surface area contributed by atoms with Crippen LogP contribution in [-0.2, 0) is 26.0 Å². The molecular weight excluding hydrogens is 452 g/mol. The first-order valence-corrected chi connectivity index (χ1v) is 13.5. The lowest BCUT2D eigenvalue weighted by Crippen LogP contribution is -2.37. The number of piperidine rings is 1. The van der Waals surface area contributed by atoms with Crippen LogP contribution in [0.15, 0.2) is 47.4 Å². The van der Waals surface area contributed by atoms with Gasteiger partial charge in [0, 0.05) is 31.9 Å². The molecule has 184 valence electrons. The zero-order valence-electron chi connectivity index (χ0n) is 19.8. The van der Waals surface area contributed by atoms with E-state index in [2.05, 4.69) is 22.5 Å². The number of carbonyl (C=O) groups excluding carboxylic acids is 1. The summed E-state index contributed by atoms with van der Waals surface area (Å²) >= 11 is 0. The second-order valence-corrected chi connectivity index (χ2v) is 10.6. The Bertz CT molecular complexity index is 1080. The Morgan fingerprint density at radius 2 is 1.68 bits per heavy atom. The Morgan fingerprint density at radius 3 is 2.35 bits per heavy atom. The van der Waals surface area contributed by atoms with Crippen LogP contribution in [0.2, 0.25) is 0 Å². The average Bonchev–Trinajstić information content (AvgIpc) is 2.89. The molecule has 0 unspecified atom stereocenters. The van der Waals surface area contributed by atoms with Crippen LogP contribution in [0.3, 0.4) is 0 Å². The molecule has 4 rings (SSSR count). The summed E-state index contributed by atoms with van der Waals surface area (Å²) in [5.74, 6) is -0.193.